The molecule has 0 atom stereocenters. The first-order chi connectivity index (χ1) is 12.5. The lowest BCUT2D eigenvalue weighted by molar-refractivity contribution is 0.0541. The Morgan fingerprint density at radius 3 is 2.50 bits per heavy atom. The Bertz CT molecular complexity index is 845. The number of rotatable bonds is 6. The standard InChI is InChI=1S/C19H25N3O3S/c1-15-5-3-4-6-17(15)19(9-11-25-12-10-19)14-22-18-8-7-16(13-21-18)26(23,24)20-2/h3-8,13,20H,9-12,14H2,1-2H3,(H,21,22). The predicted octanol–water partition coefficient (Wildman–Crippen LogP) is 2.46. The zero-order chi connectivity index (χ0) is 18.6. The van der Waals surface area contributed by atoms with Gasteiger partial charge in [0, 0.05) is 31.4 Å². The van der Waals surface area contributed by atoms with E-state index >= 15 is 0 Å². The van der Waals surface area contributed by atoms with Gasteiger partial charge in [-0.1, -0.05) is 24.3 Å². The Balaban J connectivity index is 1.80. The molecule has 2 aromatic rings. The Morgan fingerprint density at radius 2 is 1.88 bits per heavy atom. The van der Waals surface area contributed by atoms with Gasteiger partial charge in [-0.3, -0.25) is 0 Å². The van der Waals surface area contributed by atoms with Crippen LogP contribution in [-0.2, 0) is 20.2 Å². The quantitative estimate of drug-likeness (QED) is 0.811. The fourth-order valence-corrected chi connectivity index (χ4v) is 4.17. The van der Waals surface area contributed by atoms with Gasteiger partial charge in [-0.25, -0.2) is 18.1 Å². The third kappa shape index (κ3) is 3.90. The molecule has 0 aliphatic carbocycles. The second kappa shape index (κ2) is 7.73. The molecule has 26 heavy (non-hydrogen) atoms. The number of benzene rings is 1. The first-order valence-corrected chi connectivity index (χ1v) is 10.2. The number of ether oxygens (including phenoxy) is 1. The summed E-state index contributed by atoms with van der Waals surface area (Å²) < 4.78 is 31.5. The predicted molar refractivity (Wildman–Crippen MR) is 102 cm³/mol. The van der Waals surface area contributed by atoms with Gasteiger partial charge >= 0.3 is 0 Å². The van der Waals surface area contributed by atoms with Crippen LogP contribution in [0, 0.1) is 6.92 Å². The largest absolute Gasteiger partial charge is 0.381 e. The minimum atomic E-state index is -3.47. The van der Waals surface area contributed by atoms with E-state index in [0.29, 0.717) is 5.82 Å². The van der Waals surface area contributed by atoms with Gasteiger partial charge in [0.1, 0.15) is 10.7 Å². The molecule has 0 bridgehead atoms. The van der Waals surface area contributed by atoms with E-state index in [0.717, 1.165) is 32.6 Å². The number of hydrogen-bond acceptors (Lipinski definition) is 5. The molecule has 3 rings (SSSR count). The van der Waals surface area contributed by atoms with E-state index in [1.54, 1.807) is 12.1 Å². The second-order valence-electron chi connectivity index (χ2n) is 6.65. The van der Waals surface area contributed by atoms with Crippen molar-refractivity contribution in [2.45, 2.75) is 30.1 Å². The van der Waals surface area contributed by atoms with Gasteiger partial charge in [0.05, 0.1) is 0 Å². The number of nitrogens with zero attached hydrogens (tertiary/aromatic N) is 1. The highest BCUT2D eigenvalue weighted by Gasteiger charge is 2.35. The highest BCUT2D eigenvalue weighted by Crippen LogP contribution is 2.36. The van der Waals surface area contributed by atoms with Crippen molar-refractivity contribution in [3.8, 4) is 0 Å². The molecule has 0 spiro atoms. The minimum Gasteiger partial charge on any atom is -0.381 e. The third-order valence-corrected chi connectivity index (χ3v) is 6.49. The topological polar surface area (TPSA) is 80.3 Å². The summed E-state index contributed by atoms with van der Waals surface area (Å²) in [4.78, 5) is 4.42. The number of nitrogens with one attached hydrogen (secondary N) is 2. The van der Waals surface area contributed by atoms with Crippen molar-refractivity contribution in [1.82, 2.24) is 9.71 Å². The molecule has 1 aliphatic rings. The van der Waals surface area contributed by atoms with Crippen LogP contribution in [0.15, 0.2) is 47.5 Å². The molecule has 1 saturated heterocycles. The summed E-state index contributed by atoms with van der Waals surface area (Å²) >= 11 is 0. The van der Waals surface area contributed by atoms with Crippen molar-refractivity contribution >= 4 is 15.8 Å². The number of pyridine rings is 1. The van der Waals surface area contributed by atoms with Crippen molar-refractivity contribution in [1.29, 1.82) is 0 Å². The maximum absolute atomic E-state index is 11.8. The number of sulfonamides is 1. The third-order valence-electron chi connectivity index (χ3n) is 5.09. The van der Waals surface area contributed by atoms with Crippen LogP contribution in [0.5, 0.6) is 0 Å². The summed E-state index contributed by atoms with van der Waals surface area (Å²) in [5, 5.41) is 3.40. The molecule has 7 heteroatoms. The van der Waals surface area contributed by atoms with Gasteiger partial charge in [-0.05, 0) is 50.1 Å². The maximum Gasteiger partial charge on any atom is 0.241 e. The second-order valence-corrected chi connectivity index (χ2v) is 8.53. The number of anilines is 1. The number of aryl methyl sites for hydroxylation is 1. The molecular formula is C19H25N3O3S. The zero-order valence-electron chi connectivity index (χ0n) is 15.2. The summed E-state index contributed by atoms with van der Waals surface area (Å²) in [5.41, 5.74) is 2.60. The van der Waals surface area contributed by atoms with E-state index < -0.39 is 10.0 Å². The molecule has 0 radical (unpaired) electrons. The lowest BCUT2D eigenvalue weighted by Crippen LogP contribution is -2.40. The lowest BCUT2D eigenvalue weighted by Gasteiger charge is -2.39. The van der Waals surface area contributed by atoms with E-state index in [1.165, 1.54) is 24.4 Å². The van der Waals surface area contributed by atoms with E-state index in [1.807, 2.05) is 0 Å². The SMILES string of the molecule is CNS(=O)(=O)c1ccc(NCC2(c3ccccc3C)CCOCC2)nc1. The first kappa shape index (κ1) is 18.8. The Labute approximate surface area is 155 Å². The lowest BCUT2D eigenvalue weighted by atomic mass is 9.72. The number of hydrogen-bond donors (Lipinski definition) is 2. The van der Waals surface area contributed by atoms with Crippen LogP contribution < -0.4 is 10.0 Å². The van der Waals surface area contributed by atoms with Gasteiger partial charge in [0.15, 0.2) is 0 Å². The first-order valence-electron chi connectivity index (χ1n) is 8.74. The van der Waals surface area contributed by atoms with Crippen LogP contribution >= 0.6 is 0 Å². The Morgan fingerprint density at radius 1 is 1.15 bits per heavy atom. The molecule has 6 nitrogen and oxygen atoms in total. The van der Waals surface area contributed by atoms with Crippen molar-refractivity contribution in [2.75, 3.05) is 32.1 Å². The fraction of sp³-hybridized carbons (Fsp3) is 0.421. The summed E-state index contributed by atoms with van der Waals surface area (Å²) in [6, 6.07) is 11.7. The molecular weight excluding hydrogens is 350 g/mol. The van der Waals surface area contributed by atoms with Crippen molar-refractivity contribution in [3.63, 3.8) is 0 Å². The molecule has 1 aromatic carbocycles. The van der Waals surface area contributed by atoms with Crippen molar-refractivity contribution in [3.05, 3.63) is 53.7 Å². The van der Waals surface area contributed by atoms with E-state index in [2.05, 4.69) is 46.2 Å². The van der Waals surface area contributed by atoms with E-state index in [9.17, 15) is 8.42 Å². The average Bonchev–Trinajstić information content (AvgIpc) is 2.68. The zero-order valence-corrected chi connectivity index (χ0v) is 16.0. The average molecular weight is 375 g/mol. The van der Waals surface area contributed by atoms with Crippen LogP contribution in [0.1, 0.15) is 24.0 Å². The summed E-state index contributed by atoms with van der Waals surface area (Å²) in [5.74, 6) is 0.666. The Kier molecular flexibility index (Phi) is 5.60. The van der Waals surface area contributed by atoms with Crippen LogP contribution in [0.25, 0.3) is 0 Å². The summed E-state index contributed by atoms with van der Waals surface area (Å²) in [7, 11) is -2.08. The fourth-order valence-electron chi connectivity index (χ4n) is 3.49. The highest BCUT2D eigenvalue weighted by atomic mass is 32.2. The van der Waals surface area contributed by atoms with Crippen LogP contribution in [0.3, 0.4) is 0 Å². The van der Waals surface area contributed by atoms with Crippen molar-refractivity contribution in [2.24, 2.45) is 0 Å². The minimum absolute atomic E-state index is 0.0129. The smallest absolute Gasteiger partial charge is 0.241 e. The van der Waals surface area contributed by atoms with Gasteiger partial charge in [-0.2, -0.15) is 0 Å². The Hall–Kier alpha value is -1.96. The molecule has 0 unspecified atom stereocenters. The number of aromatic nitrogens is 1. The molecule has 1 aromatic heterocycles. The molecule has 2 heterocycles. The molecule has 0 saturated carbocycles. The van der Waals surface area contributed by atoms with Crippen LogP contribution in [0.4, 0.5) is 5.82 Å². The molecule has 2 N–H and O–H groups in total. The van der Waals surface area contributed by atoms with Gasteiger partial charge < -0.3 is 10.1 Å². The van der Waals surface area contributed by atoms with Crippen LogP contribution in [-0.4, -0.2) is 40.2 Å². The summed E-state index contributed by atoms with van der Waals surface area (Å²) in [6.07, 6.45) is 3.26. The molecule has 0 amide bonds. The van der Waals surface area contributed by atoms with E-state index in [-0.39, 0.29) is 10.3 Å². The molecule has 1 aliphatic heterocycles. The monoisotopic (exact) mass is 375 g/mol. The van der Waals surface area contributed by atoms with Gasteiger partial charge in [0.25, 0.3) is 0 Å². The maximum atomic E-state index is 11.8. The summed E-state index contributed by atoms with van der Waals surface area (Å²) in [6.45, 7) is 4.35. The van der Waals surface area contributed by atoms with E-state index in [4.69, 9.17) is 4.74 Å². The van der Waals surface area contributed by atoms with Crippen molar-refractivity contribution < 1.29 is 13.2 Å². The molecule has 1 fully saturated rings. The normalized spacial score (nSPS) is 17.0. The molecule has 140 valence electrons. The van der Waals surface area contributed by atoms with Gasteiger partial charge in [0.2, 0.25) is 10.0 Å². The van der Waals surface area contributed by atoms with Gasteiger partial charge in [-0.15, -0.1) is 0 Å². The highest BCUT2D eigenvalue weighted by molar-refractivity contribution is 7.89. The van der Waals surface area contributed by atoms with Crippen LogP contribution in [0.2, 0.25) is 0 Å².